The number of pyridine rings is 1. The minimum Gasteiger partial charge on any atom is -0.373 e. The predicted molar refractivity (Wildman–Crippen MR) is 70.3 cm³/mol. The van der Waals surface area contributed by atoms with Gasteiger partial charge in [0.2, 0.25) is 0 Å². The lowest BCUT2D eigenvalue weighted by molar-refractivity contribution is 0.919. The van der Waals surface area contributed by atoms with E-state index in [0.717, 1.165) is 34.6 Å². The Labute approximate surface area is 101 Å². The number of fused-ring (bicyclic) bond motifs is 1. The molecule has 3 heteroatoms. The van der Waals surface area contributed by atoms with Crippen molar-refractivity contribution in [3.05, 3.63) is 34.9 Å². The Hall–Kier alpha value is -1.28. The molecule has 0 aliphatic rings. The first-order chi connectivity index (χ1) is 7.74. The van der Waals surface area contributed by atoms with E-state index in [1.165, 1.54) is 5.56 Å². The van der Waals surface area contributed by atoms with Crippen LogP contribution in [0.4, 0.5) is 5.82 Å². The molecule has 0 bridgehead atoms. The van der Waals surface area contributed by atoms with Gasteiger partial charge in [-0.05, 0) is 36.2 Å². The molecule has 0 spiro atoms. The highest BCUT2D eigenvalue weighted by molar-refractivity contribution is 6.31. The maximum Gasteiger partial charge on any atom is 0.129 e. The summed E-state index contributed by atoms with van der Waals surface area (Å²) in [5.74, 6) is 0.969. The highest BCUT2D eigenvalue weighted by Gasteiger charge is 2.05. The number of nitrogens with zero attached hydrogens (tertiary/aromatic N) is 1. The largest absolute Gasteiger partial charge is 0.373 e. The third-order valence-electron chi connectivity index (χ3n) is 2.61. The van der Waals surface area contributed by atoms with Gasteiger partial charge >= 0.3 is 0 Å². The molecule has 1 N–H and O–H groups in total. The van der Waals surface area contributed by atoms with Crippen LogP contribution in [-0.2, 0) is 6.42 Å². The van der Waals surface area contributed by atoms with Gasteiger partial charge in [-0.25, -0.2) is 4.98 Å². The van der Waals surface area contributed by atoms with E-state index >= 15 is 0 Å². The average molecular weight is 235 g/mol. The average Bonchev–Trinajstić information content (AvgIpc) is 2.28. The molecule has 0 fully saturated rings. The lowest BCUT2D eigenvalue weighted by Gasteiger charge is -2.09. The lowest BCUT2D eigenvalue weighted by Crippen LogP contribution is -1.99. The summed E-state index contributed by atoms with van der Waals surface area (Å²) in [5.41, 5.74) is 2.23. The van der Waals surface area contributed by atoms with E-state index in [2.05, 4.69) is 23.3 Å². The quantitative estimate of drug-likeness (QED) is 0.872. The molecule has 0 saturated carbocycles. The molecule has 1 aromatic carbocycles. The van der Waals surface area contributed by atoms with Crippen molar-refractivity contribution in [2.45, 2.75) is 19.8 Å². The van der Waals surface area contributed by atoms with Gasteiger partial charge in [0.05, 0.1) is 5.52 Å². The summed E-state index contributed by atoms with van der Waals surface area (Å²) < 4.78 is 0. The Morgan fingerprint density at radius 2 is 2.12 bits per heavy atom. The van der Waals surface area contributed by atoms with E-state index in [1.54, 1.807) is 0 Å². The number of aryl methyl sites for hydroxylation is 1. The number of anilines is 1. The van der Waals surface area contributed by atoms with Gasteiger partial charge < -0.3 is 5.32 Å². The zero-order valence-electron chi connectivity index (χ0n) is 9.55. The minimum atomic E-state index is 0.758. The number of rotatable bonds is 3. The second-order valence-corrected chi connectivity index (χ2v) is 4.27. The van der Waals surface area contributed by atoms with Crippen LogP contribution in [0.1, 0.15) is 18.9 Å². The molecule has 84 valence electrons. The fourth-order valence-corrected chi connectivity index (χ4v) is 2.05. The van der Waals surface area contributed by atoms with Gasteiger partial charge in [0.25, 0.3) is 0 Å². The Balaban J connectivity index is 2.60. The van der Waals surface area contributed by atoms with E-state index in [9.17, 15) is 0 Å². The minimum absolute atomic E-state index is 0.758. The summed E-state index contributed by atoms with van der Waals surface area (Å²) in [6, 6.07) is 7.95. The third kappa shape index (κ3) is 2.12. The van der Waals surface area contributed by atoms with Crippen LogP contribution in [0, 0.1) is 0 Å². The number of benzene rings is 1. The molecule has 0 unspecified atom stereocenters. The normalized spacial score (nSPS) is 10.7. The Bertz CT molecular complexity index is 509. The van der Waals surface area contributed by atoms with Crippen molar-refractivity contribution in [1.82, 2.24) is 4.98 Å². The van der Waals surface area contributed by atoms with Gasteiger partial charge in [0.15, 0.2) is 0 Å². The molecule has 2 aromatic rings. The van der Waals surface area contributed by atoms with E-state index in [0.29, 0.717) is 0 Å². The smallest absolute Gasteiger partial charge is 0.129 e. The predicted octanol–water partition coefficient (Wildman–Crippen LogP) is 3.88. The van der Waals surface area contributed by atoms with E-state index in [1.807, 2.05) is 25.2 Å². The summed E-state index contributed by atoms with van der Waals surface area (Å²) >= 11 is 5.98. The molecule has 0 aliphatic heterocycles. The molecule has 0 radical (unpaired) electrons. The van der Waals surface area contributed by atoms with Crippen LogP contribution in [0.15, 0.2) is 24.3 Å². The second-order valence-electron chi connectivity index (χ2n) is 3.83. The summed E-state index contributed by atoms with van der Waals surface area (Å²) in [6.45, 7) is 2.17. The maximum atomic E-state index is 5.98. The molecule has 0 amide bonds. The van der Waals surface area contributed by atoms with Gasteiger partial charge in [-0.3, -0.25) is 0 Å². The first kappa shape index (κ1) is 11.2. The summed E-state index contributed by atoms with van der Waals surface area (Å²) in [6.07, 6.45) is 2.15. The highest BCUT2D eigenvalue weighted by Crippen LogP contribution is 2.24. The van der Waals surface area contributed by atoms with Gasteiger partial charge in [-0.2, -0.15) is 0 Å². The van der Waals surface area contributed by atoms with Crippen LogP contribution in [0.5, 0.6) is 0 Å². The van der Waals surface area contributed by atoms with Crippen LogP contribution >= 0.6 is 11.6 Å². The van der Waals surface area contributed by atoms with Gasteiger partial charge in [-0.1, -0.05) is 24.9 Å². The lowest BCUT2D eigenvalue weighted by atomic mass is 10.1. The Morgan fingerprint density at radius 3 is 2.81 bits per heavy atom. The van der Waals surface area contributed by atoms with Crippen molar-refractivity contribution in [2.75, 3.05) is 12.4 Å². The van der Waals surface area contributed by atoms with Crippen molar-refractivity contribution in [1.29, 1.82) is 0 Å². The Kier molecular flexibility index (Phi) is 3.30. The van der Waals surface area contributed by atoms with Crippen molar-refractivity contribution in [2.24, 2.45) is 0 Å². The molecule has 1 aromatic heterocycles. The van der Waals surface area contributed by atoms with E-state index in [-0.39, 0.29) is 0 Å². The molecule has 16 heavy (non-hydrogen) atoms. The third-order valence-corrected chi connectivity index (χ3v) is 2.85. The summed E-state index contributed by atoms with van der Waals surface area (Å²) in [7, 11) is 1.91. The van der Waals surface area contributed by atoms with Gasteiger partial charge in [0, 0.05) is 17.5 Å². The number of halogens is 1. The maximum absolute atomic E-state index is 5.98. The first-order valence-corrected chi connectivity index (χ1v) is 5.89. The van der Waals surface area contributed by atoms with Crippen LogP contribution in [0.2, 0.25) is 5.02 Å². The van der Waals surface area contributed by atoms with Crippen molar-refractivity contribution in [3.8, 4) is 0 Å². The topological polar surface area (TPSA) is 24.9 Å². The molecular formula is C13H15ClN2. The molecule has 0 aliphatic carbocycles. The molecule has 0 saturated heterocycles. The molecule has 2 nitrogen and oxygen atoms in total. The van der Waals surface area contributed by atoms with Gasteiger partial charge in [0.1, 0.15) is 5.82 Å². The highest BCUT2D eigenvalue weighted by atomic mass is 35.5. The summed E-state index contributed by atoms with van der Waals surface area (Å²) in [5, 5.41) is 5.01. The van der Waals surface area contributed by atoms with Crippen molar-refractivity contribution < 1.29 is 0 Å². The van der Waals surface area contributed by atoms with Gasteiger partial charge in [-0.15, -0.1) is 0 Å². The fraction of sp³-hybridized carbons (Fsp3) is 0.308. The molecular weight excluding hydrogens is 220 g/mol. The van der Waals surface area contributed by atoms with Crippen molar-refractivity contribution in [3.63, 3.8) is 0 Å². The molecule has 0 atom stereocenters. The SMILES string of the molecule is CCCc1cc2cc(Cl)ccc2nc1NC. The van der Waals surface area contributed by atoms with Crippen LogP contribution in [0.25, 0.3) is 10.9 Å². The zero-order valence-corrected chi connectivity index (χ0v) is 10.3. The number of nitrogens with one attached hydrogen (secondary N) is 1. The standard InChI is InChI=1S/C13H15ClN2/c1-3-4-9-7-10-8-11(14)5-6-12(10)16-13(9)15-2/h5-8H,3-4H2,1-2H3,(H,15,16). The van der Waals surface area contributed by atoms with E-state index in [4.69, 9.17) is 11.6 Å². The fourth-order valence-electron chi connectivity index (χ4n) is 1.87. The Morgan fingerprint density at radius 1 is 1.31 bits per heavy atom. The number of aromatic nitrogens is 1. The van der Waals surface area contributed by atoms with Crippen LogP contribution in [0.3, 0.4) is 0 Å². The van der Waals surface area contributed by atoms with Crippen molar-refractivity contribution >= 4 is 28.3 Å². The first-order valence-electron chi connectivity index (χ1n) is 5.51. The van der Waals surface area contributed by atoms with E-state index < -0.39 is 0 Å². The zero-order chi connectivity index (χ0) is 11.5. The second kappa shape index (κ2) is 4.71. The number of hydrogen-bond donors (Lipinski definition) is 1. The van der Waals surface area contributed by atoms with Crippen LogP contribution < -0.4 is 5.32 Å². The summed E-state index contributed by atoms with van der Waals surface area (Å²) in [4.78, 5) is 4.58. The monoisotopic (exact) mass is 234 g/mol. The number of hydrogen-bond acceptors (Lipinski definition) is 2. The van der Waals surface area contributed by atoms with Crippen LogP contribution in [-0.4, -0.2) is 12.0 Å². The molecule has 1 heterocycles. The molecule has 2 rings (SSSR count).